The van der Waals surface area contributed by atoms with Crippen LogP contribution in [-0.4, -0.2) is 33.0 Å². The monoisotopic (exact) mass is 361 g/mol. The van der Waals surface area contributed by atoms with Crippen LogP contribution >= 0.6 is 22.9 Å². The molecule has 0 atom stereocenters. The van der Waals surface area contributed by atoms with E-state index in [0.717, 1.165) is 28.4 Å². The molecular formula is C15H16ClN7S. The lowest BCUT2D eigenvalue weighted by atomic mass is 10.1. The number of nitrogens with one attached hydrogen (secondary N) is 1. The lowest BCUT2D eigenvalue weighted by Gasteiger charge is -2.25. The minimum Gasteiger partial charge on any atom is -0.384 e. The average molecular weight is 362 g/mol. The van der Waals surface area contributed by atoms with Crippen molar-refractivity contribution in [1.29, 1.82) is 0 Å². The zero-order valence-electron chi connectivity index (χ0n) is 12.9. The Morgan fingerprint density at radius 1 is 1.17 bits per heavy atom. The summed E-state index contributed by atoms with van der Waals surface area (Å²) in [6, 6.07) is 1.66. The highest BCUT2D eigenvalue weighted by molar-refractivity contribution is 7.22. The van der Waals surface area contributed by atoms with Crippen molar-refractivity contribution in [2.75, 3.05) is 29.0 Å². The number of pyridine rings is 1. The van der Waals surface area contributed by atoms with Gasteiger partial charge < -0.3 is 16.0 Å². The zero-order chi connectivity index (χ0) is 16.5. The van der Waals surface area contributed by atoms with E-state index < -0.39 is 0 Å². The van der Waals surface area contributed by atoms with Gasteiger partial charge in [-0.25, -0.2) is 19.9 Å². The molecule has 3 aromatic heterocycles. The van der Waals surface area contributed by atoms with Gasteiger partial charge in [0, 0.05) is 19.2 Å². The Bertz CT molecular complexity index is 875. The Morgan fingerprint density at radius 3 is 2.79 bits per heavy atom. The molecule has 1 saturated heterocycles. The molecule has 124 valence electrons. The highest BCUT2D eigenvalue weighted by atomic mass is 35.5. The first-order valence-electron chi connectivity index (χ1n) is 7.75. The molecule has 1 aliphatic heterocycles. The Morgan fingerprint density at radius 2 is 2.00 bits per heavy atom. The van der Waals surface area contributed by atoms with Crippen LogP contribution in [0.4, 0.5) is 22.6 Å². The normalized spacial score (nSPS) is 15.0. The summed E-state index contributed by atoms with van der Waals surface area (Å²) in [5, 5.41) is 4.73. The van der Waals surface area contributed by atoms with Crippen LogP contribution in [0, 0.1) is 0 Å². The standard InChI is InChI=1S/C15H16ClN7S/c16-9-7-18-14(21-11-6-10(17)19-8-20-11)13-12(9)22-15(24-13)23-4-2-1-3-5-23/h6-8H,1-5H2,(H3,17,18,19,20,21). The van der Waals surface area contributed by atoms with Gasteiger partial charge in [0.25, 0.3) is 0 Å². The van der Waals surface area contributed by atoms with Gasteiger partial charge in [0.15, 0.2) is 10.9 Å². The maximum atomic E-state index is 6.30. The van der Waals surface area contributed by atoms with Crippen molar-refractivity contribution >= 4 is 55.7 Å². The molecule has 3 aromatic rings. The fraction of sp³-hybridized carbons (Fsp3) is 0.333. The van der Waals surface area contributed by atoms with E-state index in [1.165, 1.54) is 25.6 Å². The molecule has 0 bridgehead atoms. The molecule has 0 saturated carbocycles. The van der Waals surface area contributed by atoms with Crippen molar-refractivity contribution < 1.29 is 0 Å². The summed E-state index contributed by atoms with van der Waals surface area (Å²) < 4.78 is 0.917. The second-order valence-electron chi connectivity index (χ2n) is 5.63. The summed E-state index contributed by atoms with van der Waals surface area (Å²) in [6.45, 7) is 2.08. The van der Waals surface area contributed by atoms with E-state index in [4.69, 9.17) is 22.3 Å². The zero-order valence-corrected chi connectivity index (χ0v) is 14.4. The van der Waals surface area contributed by atoms with Crippen LogP contribution in [-0.2, 0) is 0 Å². The van der Waals surface area contributed by atoms with Gasteiger partial charge in [0.2, 0.25) is 0 Å². The Balaban J connectivity index is 1.73. The first kappa shape index (κ1) is 15.3. The Hall–Kier alpha value is -2.19. The van der Waals surface area contributed by atoms with Crippen LogP contribution in [0.25, 0.3) is 10.2 Å². The van der Waals surface area contributed by atoms with E-state index in [1.807, 2.05) is 0 Å². The van der Waals surface area contributed by atoms with E-state index in [1.54, 1.807) is 23.6 Å². The van der Waals surface area contributed by atoms with Gasteiger partial charge in [-0.05, 0) is 19.3 Å². The van der Waals surface area contributed by atoms with Crippen molar-refractivity contribution in [2.24, 2.45) is 0 Å². The third-order valence-electron chi connectivity index (χ3n) is 3.93. The molecule has 9 heteroatoms. The number of thiazole rings is 1. The van der Waals surface area contributed by atoms with E-state index in [2.05, 4.69) is 25.2 Å². The number of piperidine rings is 1. The van der Waals surface area contributed by atoms with Gasteiger partial charge in [0.05, 0.1) is 11.2 Å². The van der Waals surface area contributed by atoms with Crippen LogP contribution < -0.4 is 16.0 Å². The number of fused-ring (bicyclic) bond motifs is 1. The molecule has 0 aliphatic carbocycles. The summed E-state index contributed by atoms with van der Waals surface area (Å²) in [6.07, 6.45) is 6.71. The molecule has 0 unspecified atom stereocenters. The molecule has 24 heavy (non-hydrogen) atoms. The number of rotatable bonds is 3. The van der Waals surface area contributed by atoms with Gasteiger partial charge in [-0.1, -0.05) is 22.9 Å². The molecule has 4 rings (SSSR count). The lowest BCUT2D eigenvalue weighted by Crippen LogP contribution is -2.29. The maximum Gasteiger partial charge on any atom is 0.186 e. The fourth-order valence-electron chi connectivity index (χ4n) is 2.74. The van der Waals surface area contributed by atoms with Crippen LogP contribution in [0.5, 0.6) is 0 Å². The van der Waals surface area contributed by atoms with Gasteiger partial charge in [0.1, 0.15) is 28.2 Å². The van der Waals surface area contributed by atoms with Gasteiger partial charge >= 0.3 is 0 Å². The average Bonchev–Trinajstić information content (AvgIpc) is 3.05. The highest BCUT2D eigenvalue weighted by Gasteiger charge is 2.19. The largest absolute Gasteiger partial charge is 0.384 e. The smallest absolute Gasteiger partial charge is 0.186 e. The molecule has 0 aromatic carbocycles. The van der Waals surface area contributed by atoms with Crippen LogP contribution in [0.1, 0.15) is 19.3 Å². The van der Waals surface area contributed by atoms with Crippen LogP contribution in [0.15, 0.2) is 18.6 Å². The minimum atomic E-state index is 0.399. The molecule has 4 heterocycles. The fourth-order valence-corrected chi connectivity index (χ4v) is 4.07. The van der Waals surface area contributed by atoms with E-state index in [-0.39, 0.29) is 0 Å². The van der Waals surface area contributed by atoms with E-state index >= 15 is 0 Å². The second kappa shape index (κ2) is 6.37. The minimum absolute atomic E-state index is 0.399. The van der Waals surface area contributed by atoms with Crippen molar-refractivity contribution in [3.05, 3.63) is 23.6 Å². The predicted octanol–water partition coefficient (Wildman–Crippen LogP) is 3.45. The summed E-state index contributed by atoms with van der Waals surface area (Å²) in [5.74, 6) is 1.66. The number of halogens is 1. The lowest BCUT2D eigenvalue weighted by molar-refractivity contribution is 0.577. The van der Waals surface area contributed by atoms with Crippen molar-refractivity contribution in [1.82, 2.24) is 19.9 Å². The number of nitrogen functional groups attached to an aromatic ring is 1. The molecule has 7 nitrogen and oxygen atoms in total. The summed E-state index contributed by atoms with van der Waals surface area (Å²) in [7, 11) is 0. The summed E-state index contributed by atoms with van der Waals surface area (Å²) >= 11 is 7.90. The first-order valence-corrected chi connectivity index (χ1v) is 8.95. The first-order chi connectivity index (χ1) is 11.7. The molecule has 0 radical (unpaired) electrons. The number of hydrogen-bond donors (Lipinski definition) is 2. The molecule has 1 aliphatic rings. The number of nitrogens with zero attached hydrogens (tertiary/aromatic N) is 5. The maximum absolute atomic E-state index is 6.30. The summed E-state index contributed by atoms with van der Waals surface area (Å²) in [5.41, 5.74) is 6.47. The topological polar surface area (TPSA) is 92.8 Å². The van der Waals surface area contributed by atoms with Gasteiger partial charge in [-0.2, -0.15) is 0 Å². The number of nitrogens with two attached hydrogens (primary N) is 1. The van der Waals surface area contributed by atoms with Gasteiger partial charge in [-0.15, -0.1) is 0 Å². The van der Waals surface area contributed by atoms with Crippen molar-refractivity contribution in [3.63, 3.8) is 0 Å². The number of hydrogen-bond acceptors (Lipinski definition) is 8. The summed E-state index contributed by atoms with van der Waals surface area (Å²) in [4.78, 5) is 19.5. The van der Waals surface area contributed by atoms with Crippen LogP contribution in [0.2, 0.25) is 5.02 Å². The molecular weight excluding hydrogens is 346 g/mol. The number of aromatic nitrogens is 4. The van der Waals surface area contributed by atoms with Crippen molar-refractivity contribution in [2.45, 2.75) is 19.3 Å². The Kier molecular flexibility index (Phi) is 4.07. The molecule has 0 spiro atoms. The number of anilines is 4. The quantitative estimate of drug-likeness (QED) is 0.737. The van der Waals surface area contributed by atoms with Crippen LogP contribution in [0.3, 0.4) is 0 Å². The Labute approximate surface area is 147 Å². The predicted molar refractivity (Wildman–Crippen MR) is 98.2 cm³/mol. The van der Waals surface area contributed by atoms with E-state index in [0.29, 0.717) is 22.5 Å². The third kappa shape index (κ3) is 2.94. The van der Waals surface area contributed by atoms with Crippen molar-refractivity contribution in [3.8, 4) is 0 Å². The molecule has 3 N–H and O–H groups in total. The third-order valence-corrected chi connectivity index (χ3v) is 5.32. The van der Waals surface area contributed by atoms with Gasteiger partial charge in [-0.3, -0.25) is 0 Å². The van der Waals surface area contributed by atoms with E-state index in [9.17, 15) is 0 Å². The molecule has 0 amide bonds. The highest BCUT2D eigenvalue weighted by Crippen LogP contribution is 2.38. The molecule has 1 fully saturated rings. The second-order valence-corrected chi connectivity index (χ2v) is 7.01. The SMILES string of the molecule is Nc1cc(Nc2ncc(Cl)c3nc(N4CCCCC4)sc23)ncn1.